The summed E-state index contributed by atoms with van der Waals surface area (Å²) in [7, 11) is 0. The molecule has 0 aromatic heterocycles. The largest absolute Gasteiger partial charge is 0.454 e. The van der Waals surface area contributed by atoms with Crippen LogP contribution in [0, 0.1) is 0 Å². The molecular formula is C25H28N2O6. The van der Waals surface area contributed by atoms with E-state index in [-0.39, 0.29) is 24.0 Å². The van der Waals surface area contributed by atoms with Gasteiger partial charge in [-0.3, -0.25) is 9.59 Å². The molecule has 1 unspecified atom stereocenters. The van der Waals surface area contributed by atoms with Crippen LogP contribution in [0.25, 0.3) is 0 Å². The molecule has 2 fully saturated rings. The Morgan fingerprint density at radius 2 is 1.85 bits per heavy atom. The maximum absolute atomic E-state index is 13.0. The first-order valence-corrected chi connectivity index (χ1v) is 11.4. The van der Waals surface area contributed by atoms with Crippen LogP contribution < -0.4 is 20.1 Å². The third-order valence-electron chi connectivity index (χ3n) is 6.64. The van der Waals surface area contributed by atoms with Crippen LogP contribution in [0.5, 0.6) is 11.5 Å². The van der Waals surface area contributed by atoms with Crippen molar-refractivity contribution in [3.63, 3.8) is 0 Å². The molecule has 174 valence electrons. The predicted molar refractivity (Wildman–Crippen MR) is 121 cm³/mol. The lowest BCUT2D eigenvalue weighted by atomic mass is 9.74. The Morgan fingerprint density at radius 3 is 2.67 bits per heavy atom. The van der Waals surface area contributed by atoms with Gasteiger partial charge in [0.05, 0.1) is 0 Å². The lowest BCUT2D eigenvalue weighted by Gasteiger charge is -2.38. The van der Waals surface area contributed by atoms with Crippen LogP contribution in [0.3, 0.4) is 0 Å². The van der Waals surface area contributed by atoms with Crippen molar-refractivity contribution in [2.75, 3.05) is 38.5 Å². The van der Waals surface area contributed by atoms with E-state index in [9.17, 15) is 9.59 Å². The van der Waals surface area contributed by atoms with Crippen LogP contribution in [0.2, 0.25) is 0 Å². The first-order valence-electron chi connectivity index (χ1n) is 11.4. The molecule has 33 heavy (non-hydrogen) atoms. The number of hydrogen-bond acceptors (Lipinski definition) is 6. The fourth-order valence-corrected chi connectivity index (χ4v) is 4.65. The van der Waals surface area contributed by atoms with Gasteiger partial charge in [0.25, 0.3) is 11.8 Å². The van der Waals surface area contributed by atoms with E-state index in [0.717, 1.165) is 42.7 Å². The minimum Gasteiger partial charge on any atom is -0.454 e. The van der Waals surface area contributed by atoms with Gasteiger partial charge in [0.15, 0.2) is 11.5 Å². The summed E-state index contributed by atoms with van der Waals surface area (Å²) in [4.78, 5) is 25.4. The molecule has 3 aliphatic heterocycles. The summed E-state index contributed by atoms with van der Waals surface area (Å²) in [5.41, 5.74) is 1.93. The van der Waals surface area contributed by atoms with Crippen molar-refractivity contribution < 1.29 is 28.5 Å². The summed E-state index contributed by atoms with van der Waals surface area (Å²) in [5.74, 6) is 1.12. The fraction of sp³-hybridized carbons (Fsp3) is 0.440. The molecule has 0 bridgehead atoms. The summed E-state index contributed by atoms with van der Waals surface area (Å²) in [6.07, 6.45) is 2.78. The molecule has 8 heteroatoms. The molecule has 0 aliphatic carbocycles. The smallest absolute Gasteiger partial charge is 0.253 e. The number of hydrogen-bond donors (Lipinski definition) is 2. The van der Waals surface area contributed by atoms with E-state index < -0.39 is 6.10 Å². The van der Waals surface area contributed by atoms with Crippen molar-refractivity contribution in [1.82, 2.24) is 5.32 Å². The van der Waals surface area contributed by atoms with E-state index in [0.29, 0.717) is 37.6 Å². The molecule has 1 atom stereocenters. The average Bonchev–Trinajstić information content (AvgIpc) is 3.55. The van der Waals surface area contributed by atoms with E-state index in [1.165, 1.54) is 0 Å². The van der Waals surface area contributed by atoms with Crippen LogP contribution in [-0.4, -0.2) is 51.1 Å². The molecule has 8 nitrogen and oxygen atoms in total. The Kier molecular flexibility index (Phi) is 6.20. The molecule has 2 amide bonds. The molecule has 3 aliphatic rings. The molecule has 2 aromatic rings. The van der Waals surface area contributed by atoms with Gasteiger partial charge in [0.1, 0.15) is 6.10 Å². The zero-order valence-corrected chi connectivity index (χ0v) is 18.4. The van der Waals surface area contributed by atoms with E-state index in [2.05, 4.69) is 10.6 Å². The minimum atomic E-state index is -0.419. The zero-order chi connectivity index (χ0) is 22.7. The number of amides is 2. The Bertz CT molecular complexity index is 1030. The van der Waals surface area contributed by atoms with E-state index in [4.69, 9.17) is 18.9 Å². The monoisotopic (exact) mass is 452 g/mol. The average molecular weight is 453 g/mol. The molecule has 3 heterocycles. The normalized spacial score (nSPS) is 20.9. The number of fused-ring (bicyclic) bond motifs is 1. The van der Waals surface area contributed by atoms with Gasteiger partial charge < -0.3 is 29.6 Å². The maximum Gasteiger partial charge on any atom is 0.253 e. The SMILES string of the molecule is O=C(NCC1(c2ccc3c(c2)OCO3)CCOCC1)c1cccc(NC(=O)C2CCCO2)c1. The third-order valence-corrected chi connectivity index (χ3v) is 6.64. The first-order chi connectivity index (χ1) is 16.1. The summed E-state index contributed by atoms with van der Waals surface area (Å²) in [5, 5.41) is 5.96. The van der Waals surface area contributed by atoms with Crippen LogP contribution in [0.15, 0.2) is 42.5 Å². The van der Waals surface area contributed by atoms with Gasteiger partial charge in [-0.25, -0.2) is 0 Å². The highest BCUT2D eigenvalue weighted by Crippen LogP contribution is 2.40. The summed E-state index contributed by atoms with van der Waals surface area (Å²) in [6.45, 7) is 2.58. The molecule has 0 spiro atoms. The summed E-state index contributed by atoms with van der Waals surface area (Å²) < 4.78 is 22.1. The quantitative estimate of drug-likeness (QED) is 0.700. The third kappa shape index (κ3) is 4.67. The molecule has 2 aromatic carbocycles. The standard InChI is InChI=1S/C25H28N2O6/c28-23(17-3-1-4-19(13-17)27-24(29)21-5-2-10-31-21)26-15-25(8-11-30-12-9-25)18-6-7-20-22(14-18)33-16-32-20/h1,3-4,6-7,13-14,21H,2,5,8-12,15-16H2,(H,26,28)(H,27,29). The number of carbonyl (C=O) groups is 2. The van der Waals surface area contributed by atoms with Crippen LogP contribution in [0.1, 0.15) is 41.6 Å². The number of rotatable bonds is 6. The lowest BCUT2D eigenvalue weighted by molar-refractivity contribution is -0.124. The summed E-state index contributed by atoms with van der Waals surface area (Å²) in [6, 6.07) is 13.0. The summed E-state index contributed by atoms with van der Waals surface area (Å²) >= 11 is 0. The van der Waals surface area contributed by atoms with Crippen molar-refractivity contribution in [2.24, 2.45) is 0 Å². The molecule has 5 rings (SSSR count). The van der Waals surface area contributed by atoms with Gasteiger partial charge in [-0.15, -0.1) is 0 Å². The van der Waals surface area contributed by atoms with Gasteiger partial charge in [0.2, 0.25) is 6.79 Å². The van der Waals surface area contributed by atoms with Crippen molar-refractivity contribution in [1.29, 1.82) is 0 Å². The highest BCUT2D eigenvalue weighted by Gasteiger charge is 2.36. The molecule has 0 saturated carbocycles. The number of nitrogens with one attached hydrogen (secondary N) is 2. The Morgan fingerprint density at radius 1 is 1.00 bits per heavy atom. The maximum atomic E-state index is 13.0. The van der Waals surface area contributed by atoms with E-state index >= 15 is 0 Å². The second kappa shape index (κ2) is 9.41. The zero-order valence-electron chi connectivity index (χ0n) is 18.4. The minimum absolute atomic E-state index is 0.172. The van der Waals surface area contributed by atoms with Gasteiger partial charge >= 0.3 is 0 Å². The van der Waals surface area contributed by atoms with Gasteiger partial charge in [0, 0.05) is 43.0 Å². The van der Waals surface area contributed by atoms with Crippen LogP contribution >= 0.6 is 0 Å². The lowest BCUT2D eigenvalue weighted by Crippen LogP contribution is -2.44. The van der Waals surface area contributed by atoms with Crippen LogP contribution in [0.4, 0.5) is 5.69 Å². The number of benzene rings is 2. The molecular weight excluding hydrogens is 424 g/mol. The Hall–Kier alpha value is -3.10. The number of anilines is 1. The second-order valence-electron chi connectivity index (χ2n) is 8.72. The Balaban J connectivity index is 1.28. The highest BCUT2D eigenvalue weighted by atomic mass is 16.7. The highest BCUT2D eigenvalue weighted by molar-refractivity contribution is 5.98. The van der Waals surface area contributed by atoms with Gasteiger partial charge in [-0.2, -0.15) is 0 Å². The van der Waals surface area contributed by atoms with Gasteiger partial charge in [-0.05, 0) is 61.6 Å². The molecule has 2 N–H and O–H groups in total. The first kappa shape index (κ1) is 21.7. The Labute approximate surface area is 192 Å². The van der Waals surface area contributed by atoms with Crippen molar-refractivity contribution in [2.45, 2.75) is 37.2 Å². The van der Waals surface area contributed by atoms with E-state index in [1.807, 2.05) is 18.2 Å². The topological polar surface area (TPSA) is 95.1 Å². The van der Waals surface area contributed by atoms with Crippen molar-refractivity contribution >= 4 is 17.5 Å². The van der Waals surface area contributed by atoms with Crippen LogP contribution in [-0.2, 0) is 19.7 Å². The molecule has 2 saturated heterocycles. The predicted octanol–water partition coefficient (Wildman–Crippen LogP) is 3.01. The van der Waals surface area contributed by atoms with Crippen molar-refractivity contribution in [3.8, 4) is 11.5 Å². The van der Waals surface area contributed by atoms with E-state index in [1.54, 1.807) is 24.3 Å². The number of ether oxygens (including phenoxy) is 4. The number of carbonyl (C=O) groups excluding carboxylic acids is 2. The van der Waals surface area contributed by atoms with Gasteiger partial charge in [-0.1, -0.05) is 12.1 Å². The molecule has 0 radical (unpaired) electrons. The fourth-order valence-electron chi connectivity index (χ4n) is 4.65. The van der Waals surface area contributed by atoms with Crippen molar-refractivity contribution in [3.05, 3.63) is 53.6 Å². The second-order valence-corrected chi connectivity index (χ2v) is 8.72.